The van der Waals surface area contributed by atoms with Gasteiger partial charge in [0.1, 0.15) is 0 Å². The molecule has 1 aromatic carbocycles. The Morgan fingerprint density at radius 3 is 2.43 bits per heavy atom. The number of amides is 2. The van der Waals surface area contributed by atoms with Crippen LogP contribution in [-0.4, -0.2) is 50.4 Å². The van der Waals surface area contributed by atoms with Crippen LogP contribution in [-0.2, 0) is 9.59 Å². The highest BCUT2D eigenvalue weighted by Crippen LogP contribution is 2.15. The van der Waals surface area contributed by atoms with Crippen molar-refractivity contribution in [1.82, 2.24) is 15.5 Å². The number of benzene rings is 1. The number of hydrogen-bond acceptors (Lipinski definition) is 3. The van der Waals surface area contributed by atoms with Crippen LogP contribution in [0.2, 0.25) is 0 Å². The lowest BCUT2D eigenvalue weighted by Gasteiger charge is -2.11. The molecule has 2 rings (SSSR count). The lowest BCUT2D eigenvalue weighted by atomic mass is 10.1. The summed E-state index contributed by atoms with van der Waals surface area (Å²) in [4.78, 5) is 24.3. The van der Waals surface area contributed by atoms with Gasteiger partial charge in [-0.3, -0.25) is 14.5 Å². The number of aryl methyl sites for hydroxylation is 1. The van der Waals surface area contributed by atoms with Crippen LogP contribution in [0.1, 0.15) is 12.0 Å². The zero-order chi connectivity index (χ0) is 17.1. The number of nitrogens with zero attached hydrogens (tertiary/aromatic N) is 1. The van der Waals surface area contributed by atoms with Crippen molar-refractivity contribution in [2.75, 3.05) is 33.7 Å². The van der Waals surface area contributed by atoms with Crippen molar-refractivity contribution in [3.05, 3.63) is 35.9 Å². The molecule has 2 N–H and O–H groups in total. The van der Waals surface area contributed by atoms with Gasteiger partial charge in [-0.1, -0.05) is 41.8 Å². The van der Waals surface area contributed by atoms with Crippen LogP contribution < -0.4 is 10.6 Å². The smallest absolute Gasteiger partial charge is 0.295 e. The zero-order valence-corrected chi connectivity index (χ0v) is 14.1. The second kappa shape index (κ2) is 10.4. The van der Waals surface area contributed by atoms with Crippen molar-refractivity contribution in [2.45, 2.75) is 13.3 Å². The standard InChI is InChI=1S/C11H17N3O2.C7H8/c1-12-10(15)4-3-6-14-7-5-9(8-14)11(16)13-2;1-7-5-3-2-4-6-7/h9H,5-8H2,1-2H3,(H,12,15)(H,13,16);2-6H,1H3/t9-;/m0./s1. The van der Waals surface area contributed by atoms with E-state index < -0.39 is 0 Å². The lowest BCUT2D eigenvalue weighted by molar-refractivity contribution is -0.124. The fourth-order valence-corrected chi connectivity index (χ4v) is 2.22. The lowest BCUT2D eigenvalue weighted by Crippen LogP contribution is -2.30. The van der Waals surface area contributed by atoms with E-state index >= 15 is 0 Å². The molecule has 1 fully saturated rings. The number of rotatable bonds is 2. The minimum absolute atomic E-state index is 0.0619. The third kappa shape index (κ3) is 7.48. The normalized spacial score (nSPS) is 16.4. The maximum Gasteiger partial charge on any atom is 0.295 e. The van der Waals surface area contributed by atoms with E-state index in [0.717, 1.165) is 19.5 Å². The van der Waals surface area contributed by atoms with Gasteiger partial charge in [0.25, 0.3) is 5.91 Å². The van der Waals surface area contributed by atoms with E-state index in [1.807, 2.05) is 18.2 Å². The molecule has 0 radical (unpaired) electrons. The zero-order valence-electron chi connectivity index (χ0n) is 14.1. The number of likely N-dealkylation sites (tertiary alicyclic amines) is 1. The summed E-state index contributed by atoms with van der Waals surface area (Å²) in [5, 5.41) is 5.08. The van der Waals surface area contributed by atoms with Crippen LogP contribution in [0.25, 0.3) is 0 Å². The predicted molar refractivity (Wildman–Crippen MR) is 91.6 cm³/mol. The van der Waals surface area contributed by atoms with Crippen LogP contribution in [0.4, 0.5) is 0 Å². The topological polar surface area (TPSA) is 61.4 Å². The molecule has 1 saturated heterocycles. The van der Waals surface area contributed by atoms with Crippen LogP contribution in [0.3, 0.4) is 0 Å². The molecule has 0 aliphatic carbocycles. The summed E-state index contributed by atoms with van der Waals surface area (Å²) < 4.78 is 0. The van der Waals surface area contributed by atoms with Gasteiger partial charge in [-0.05, 0) is 25.8 Å². The number of carbonyl (C=O) groups excluding carboxylic acids is 2. The first kappa shape index (κ1) is 18.7. The van der Waals surface area contributed by atoms with Gasteiger partial charge in [-0.2, -0.15) is 0 Å². The summed E-state index contributed by atoms with van der Waals surface area (Å²) >= 11 is 0. The Labute approximate surface area is 138 Å². The van der Waals surface area contributed by atoms with E-state index in [0.29, 0.717) is 6.54 Å². The van der Waals surface area contributed by atoms with Crippen LogP contribution in [0.5, 0.6) is 0 Å². The van der Waals surface area contributed by atoms with E-state index in [-0.39, 0.29) is 17.7 Å². The molecule has 5 heteroatoms. The maximum atomic E-state index is 11.4. The summed E-state index contributed by atoms with van der Waals surface area (Å²) in [6.45, 7) is 4.21. The molecule has 2 amide bonds. The van der Waals surface area contributed by atoms with Crippen molar-refractivity contribution >= 4 is 11.8 Å². The Hall–Kier alpha value is -2.32. The molecular weight excluding hydrogens is 290 g/mol. The summed E-state index contributed by atoms with van der Waals surface area (Å²) in [6, 6.07) is 10.3. The van der Waals surface area contributed by atoms with Crippen molar-refractivity contribution < 1.29 is 9.59 Å². The second-order valence-corrected chi connectivity index (χ2v) is 5.37. The Bertz CT molecular complexity index is 561. The van der Waals surface area contributed by atoms with Crippen molar-refractivity contribution in [1.29, 1.82) is 0 Å². The maximum absolute atomic E-state index is 11.4. The van der Waals surface area contributed by atoms with Gasteiger partial charge in [0, 0.05) is 20.6 Å². The molecule has 1 heterocycles. The SMILES string of the molecule is CNC(=O)C#CCN1CC[C@H](C(=O)NC)C1.Cc1ccccc1. The fourth-order valence-electron chi connectivity index (χ4n) is 2.22. The molecule has 23 heavy (non-hydrogen) atoms. The Morgan fingerprint density at radius 2 is 1.91 bits per heavy atom. The molecule has 124 valence electrons. The number of carbonyl (C=O) groups is 2. The minimum atomic E-state index is -0.276. The van der Waals surface area contributed by atoms with E-state index in [2.05, 4.69) is 46.4 Å². The second-order valence-electron chi connectivity index (χ2n) is 5.37. The average Bonchev–Trinajstić information content (AvgIpc) is 3.04. The van der Waals surface area contributed by atoms with Crippen molar-refractivity contribution in [2.24, 2.45) is 5.92 Å². The highest BCUT2D eigenvalue weighted by atomic mass is 16.2. The molecule has 0 unspecified atom stereocenters. The van der Waals surface area contributed by atoms with Crippen LogP contribution in [0, 0.1) is 24.7 Å². The van der Waals surface area contributed by atoms with Gasteiger partial charge in [0.2, 0.25) is 5.91 Å². The molecular formula is C18H25N3O2. The highest BCUT2D eigenvalue weighted by molar-refractivity contribution is 5.93. The van der Waals surface area contributed by atoms with Gasteiger partial charge < -0.3 is 10.6 Å². The van der Waals surface area contributed by atoms with Crippen LogP contribution in [0.15, 0.2) is 30.3 Å². The third-order valence-corrected chi connectivity index (χ3v) is 3.56. The molecule has 0 saturated carbocycles. The molecule has 0 bridgehead atoms. The molecule has 5 nitrogen and oxygen atoms in total. The van der Waals surface area contributed by atoms with E-state index in [4.69, 9.17) is 0 Å². The number of nitrogens with one attached hydrogen (secondary N) is 2. The molecule has 0 spiro atoms. The van der Waals surface area contributed by atoms with E-state index in [1.54, 1.807) is 14.1 Å². The van der Waals surface area contributed by atoms with E-state index in [1.165, 1.54) is 5.56 Å². The van der Waals surface area contributed by atoms with Gasteiger partial charge in [0.05, 0.1) is 12.5 Å². The Morgan fingerprint density at radius 1 is 1.22 bits per heavy atom. The van der Waals surface area contributed by atoms with Crippen LogP contribution >= 0.6 is 0 Å². The molecule has 1 aromatic rings. The first-order chi connectivity index (χ1) is 11.1. The first-order valence-corrected chi connectivity index (χ1v) is 7.73. The Balaban J connectivity index is 0.000000313. The minimum Gasteiger partial charge on any atom is -0.359 e. The summed E-state index contributed by atoms with van der Waals surface area (Å²) in [7, 11) is 3.20. The Kier molecular flexibility index (Phi) is 8.48. The van der Waals surface area contributed by atoms with Crippen molar-refractivity contribution in [3.8, 4) is 11.8 Å². The van der Waals surface area contributed by atoms with Gasteiger partial charge in [-0.25, -0.2) is 0 Å². The average molecular weight is 315 g/mol. The van der Waals surface area contributed by atoms with Gasteiger partial charge in [-0.15, -0.1) is 0 Å². The quantitative estimate of drug-likeness (QED) is 0.794. The first-order valence-electron chi connectivity index (χ1n) is 7.73. The van der Waals surface area contributed by atoms with Gasteiger partial charge >= 0.3 is 0 Å². The summed E-state index contributed by atoms with van der Waals surface area (Å²) in [6.07, 6.45) is 0.862. The molecule has 1 aliphatic heterocycles. The monoisotopic (exact) mass is 315 g/mol. The largest absolute Gasteiger partial charge is 0.359 e. The molecule has 1 atom stereocenters. The van der Waals surface area contributed by atoms with Gasteiger partial charge in [0.15, 0.2) is 0 Å². The third-order valence-electron chi connectivity index (χ3n) is 3.56. The molecule has 1 aliphatic rings. The predicted octanol–water partition coefficient (Wildman–Crippen LogP) is 0.799. The fraction of sp³-hybridized carbons (Fsp3) is 0.444. The summed E-state index contributed by atoms with van der Waals surface area (Å²) in [5.74, 6) is 5.13. The molecule has 0 aromatic heterocycles. The number of hydrogen-bond donors (Lipinski definition) is 2. The van der Waals surface area contributed by atoms with Crippen molar-refractivity contribution in [3.63, 3.8) is 0 Å². The van der Waals surface area contributed by atoms with E-state index in [9.17, 15) is 9.59 Å². The highest BCUT2D eigenvalue weighted by Gasteiger charge is 2.26. The summed E-state index contributed by atoms with van der Waals surface area (Å²) in [5.41, 5.74) is 1.32.